The van der Waals surface area contributed by atoms with Gasteiger partial charge in [-0.3, -0.25) is 0 Å². The monoisotopic (exact) mass is 256 g/mol. The summed E-state index contributed by atoms with van der Waals surface area (Å²) in [5, 5.41) is 8.95. The van der Waals surface area contributed by atoms with Crippen LogP contribution in [0.2, 0.25) is 0 Å². The number of hydrogen-bond acceptors (Lipinski definition) is 2. The molecule has 0 heterocycles. The van der Waals surface area contributed by atoms with Crippen LogP contribution in [0.1, 0.15) is 0 Å². The van der Waals surface area contributed by atoms with Gasteiger partial charge in [-0.25, -0.2) is 8.78 Å². The molecule has 0 unspecified atom stereocenters. The molecule has 2 nitrogen and oxygen atoms in total. The van der Waals surface area contributed by atoms with Crippen LogP contribution in [0.25, 0.3) is 0 Å². The van der Waals surface area contributed by atoms with Crippen LogP contribution in [-0.4, -0.2) is 12.2 Å². The molecule has 1 aromatic rings. The van der Waals surface area contributed by atoms with Crippen molar-refractivity contribution < 1.29 is 23.0 Å². The zero-order valence-corrected chi connectivity index (χ0v) is 7.95. The predicted molar refractivity (Wildman–Crippen MR) is 42.2 cm³/mol. The lowest BCUT2D eigenvalue weighted by Crippen LogP contribution is -1.97. The summed E-state index contributed by atoms with van der Waals surface area (Å²) in [6, 6.07) is 0. The van der Waals surface area contributed by atoms with Gasteiger partial charge in [0.15, 0.2) is 17.4 Å². The van der Waals surface area contributed by atoms with Crippen LogP contribution in [0, 0.1) is 17.5 Å². The first-order chi connectivity index (χ1) is 6.00. The second-order valence-electron chi connectivity index (χ2n) is 2.14. The lowest BCUT2D eigenvalue weighted by molar-refractivity contribution is 0.323. The van der Waals surface area contributed by atoms with Gasteiger partial charge in [0, 0.05) is 0 Å². The van der Waals surface area contributed by atoms with E-state index in [4.69, 9.17) is 5.11 Å². The second kappa shape index (κ2) is 3.45. The molecule has 0 atom stereocenters. The first-order valence-corrected chi connectivity index (χ1v) is 3.88. The summed E-state index contributed by atoms with van der Waals surface area (Å²) >= 11 is 2.44. The van der Waals surface area contributed by atoms with E-state index in [1.165, 1.54) is 0 Å². The molecule has 1 aromatic carbocycles. The number of phenols is 1. The van der Waals surface area contributed by atoms with Gasteiger partial charge in [0.05, 0.1) is 11.6 Å². The molecule has 0 aliphatic carbocycles. The number of rotatable bonds is 1. The molecule has 0 bridgehead atoms. The van der Waals surface area contributed by atoms with Gasteiger partial charge in [0.1, 0.15) is 0 Å². The summed E-state index contributed by atoms with van der Waals surface area (Å²) in [5.74, 6) is -6.08. The summed E-state index contributed by atoms with van der Waals surface area (Å²) < 4.78 is 42.0. The highest BCUT2D eigenvalue weighted by Gasteiger charge is 2.23. The number of phenolic OH excluding ortho intramolecular Hbond substituents is 1. The van der Waals surface area contributed by atoms with Crippen molar-refractivity contribution in [2.75, 3.05) is 7.11 Å². The SMILES string of the molecule is COc1c(O)c(F)c(Br)c(F)c1F. The van der Waals surface area contributed by atoms with E-state index in [1.807, 2.05) is 0 Å². The minimum atomic E-state index is -1.44. The Labute approximate surface area is 80.1 Å². The summed E-state index contributed by atoms with van der Waals surface area (Å²) in [7, 11) is 0.991. The number of benzene rings is 1. The van der Waals surface area contributed by atoms with E-state index in [1.54, 1.807) is 0 Å². The highest BCUT2D eigenvalue weighted by Crippen LogP contribution is 2.38. The Hall–Kier alpha value is -0.910. The number of ether oxygens (including phenoxy) is 1. The smallest absolute Gasteiger partial charge is 0.205 e. The third-order valence-electron chi connectivity index (χ3n) is 1.40. The number of hydrogen-bond donors (Lipinski definition) is 1. The predicted octanol–water partition coefficient (Wildman–Crippen LogP) is 2.58. The van der Waals surface area contributed by atoms with Gasteiger partial charge < -0.3 is 9.84 Å². The minimum Gasteiger partial charge on any atom is -0.502 e. The van der Waals surface area contributed by atoms with Crippen LogP contribution in [0.5, 0.6) is 11.5 Å². The summed E-state index contributed by atoms with van der Waals surface area (Å²) in [6.07, 6.45) is 0. The normalized spacial score (nSPS) is 10.2. The molecule has 1 rings (SSSR count). The fraction of sp³-hybridized carbons (Fsp3) is 0.143. The van der Waals surface area contributed by atoms with Crippen molar-refractivity contribution in [2.24, 2.45) is 0 Å². The van der Waals surface area contributed by atoms with Crippen LogP contribution < -0.4 is 4.74 Å². The minimum absolute atomic E-state index is 0.761. The molecule has 0 radical (unpaired) electrons. The lowest BCUT2D eigenvalue weighted by atomic mass is 10.3. The van der Waals surface area contributed by atoms with Gasteiger partial charge >= 0.3 is 0 Å². The van der Waals surface area contributed by atoms with Crippen molar-refractivity contribution in [1.82, 2.24) is 0 Å². The topological polar surface area (TPSA) is 29.5 Å². The number of aromatic hydroxyl groups is 1. The van der Waals surface area contributed by atoms with E-state index in [0.717, 1.165) is 7.11 Å². The maximum Gasteiger partial charge on any atom is 0.205 e. The molecule has 13 heavy (non-hydrogen) atoms. The van der Waals surface area contributed by atoms with Crippen LogP contribution >= 0.6 is 15.9 Å². The molecule has 0 aromatic heterocycles. The first kappa shape index (κ1) is 10.2. The molecule has 1 N–H and O–H groups in total. The van der Waals surface area contributed by atoms with Crippen molar-refractivity contribution in [1.29, 1.82) is 0 Å². The fourth-order valence-electron chi connectivity index (χ4n) is 0.786. The van der Waals surface area contributed by atoms with Crippen LogP contribution in [0.3, 0.4) is 0 Å². The van der Waals surface area contributed by atoms with Crippen molar-refractivity contribution in [3.8, 4) is 11.5 Å². The van der Waals surface area contributed by atoms with E-state index < -0.39 is 33.4 Å². The zero-order chi connectivity index (χ0) is 10.2. The summed E-state index contributed by atoms with van der Waals surface area (Å²) in [5.41, 5.74) is 0. The van der Waals surface area contributed by atoms with Crippen LogP contribution in [-0.2, 0) is 0 Å². The quantitative estimate of drug-likeness (QED) is 0.618. The van der Waals surface area contributed by atoms with Crippen molar-refractivity contribution in [2.45, 2.75) is 0 Å². The fourth-order valence-corrected chi connectivity index (χ4v) is 1.15. The van der Waals surface area contributed by atoms with E-state index in [-0.39, 0.29) is 0 Å². The Bertz CT molecular complexity index is 325. The molecule has 0 saturated carbocycles. The van der Waals surface area contributed by atoms with Crippen LogP contribution in [0.4, 0.5) is 13.2 Å². The third-order valence-corrected chi connectivity index (χ3v) is 2.10. The Morgan fingerprint density at radius 3 is 2.15 bits per heavy atom. The first-order valence-electron chi connectivity index (χ1n) is 3.09. The lowest BCUT2D eigenvalue weighted by Gasteiger charge is -2.07. The van der Waals surface area contributed by atoms with Gasteiger partial charge in [0.25, 0.3) is 0 Å². The van der Waals surface area contributed by atoms with Crippen molar-refractivity contribution in [3.63, 3.8) is 0 Å². The second-order valence-corrected chi connectivity index (χ2v) is 2.93. The Balaban J connectivity index is 3.56. The Morgan fingerprint density at radius 1 is 1.15 bits per heavy atom. The van der Waals surface area contributed by atoms with Gasteiger partial charge in [-0.05, 0) is 15.9 Å². The maximum absolute atomic E-state index is 12.8. The largest absolute Gasteiger partial charge is 0.502 e. The number of halogens is 4. The molecule has 0 aliphatic heterocycles. The summed E-state index contributed by atoms with van der Waals surface area (Å²) in [4.78, 5) is 0. The molecular formula is C7H4BrF3O2. The highest BCUT2D eigenvalue weighted by molar-refractivity contribution is 9.10. The average molecular weight is 257 g/mol. The van der Waals surface area contributed by atoms with E-state index in [2.05, 4.69) is 20.7 Å². The van der Waals surface area contributed by atoms with E-state index in [0.29, 0.717) is 0 Å². The van der Waals surface area contributed by atoms with Gasteiger partial charge in [0.2, 0.25) is 11.6 Å². The average Bonchev–Trinajstić information content (AvgIpc) is 2.13. The molecular weight excluding hydrogens is 253 g/mol. The van der Waals surface area contributed by atoms with E-state index >= 15 is 0 Å². The maximum atomic E-state index is 12.8. The Morgan fingerprint density at radius 2 is 1.69 bits per heavy atom. The molecule has 0 amide bonds. The molecule has 72 valence electrons. The third kappa shape index (κ3) is 1.46. The highest BCUT2D eigenvalue weighted by atomic mass is 79.9. The van der Waals surface area contributed by atoms with Crippen molar-refractivity contribution in [3.05, 3.63) is 21.9 Å². The van der Waals surface area contributed by atoms with E-state index in [9.17, 15) is 13.2 Å². The van der Waals surface area contributed by atoms with Gasteiger partial charge in [-0.2, -0.15) is 4.39 Å². The zero-order valence-electron chi connectivity index (χ0n) is 6.37. The molecule has 0 aliphatic rings. The Kier molecular flexibility index (Phi) is 2.70. The van der Waals surface area contributed by atoms with Crippen LogP contribution in [0.15, 0.2) is 4.47 Å². The standard InChI is InChI=1S/C7H4BrF3O2/c1-13-7-5(11)3(9)2(8)4(10)6(7)12/h12H,1H3. The van der Waals surface area contributed by atoms with Gasteiger partial charge in [-0.15, -0.1) is 0 Å². The molecule has 6 heteroatoms. The molecule has 0 fully saturated rings. The summed E-state index contributed by atoms with van der Waals surface area (Å²) in [6.45, 7) is 0. The molecule has 0 spiro atoms. The van der Waals surface area contributed by atoms with Crippen molar-refractivity contribution >= 4 is 15.9 Å². The van der Waals surface area contributed by atoms with Gasteiger partial charge in [-0.1, -0.05) is 0 Å². The number of methoxy groups -OCH3 is 1. The molecule has 0 saturated heterocycles.